The summed E-state index contributed by atoms with van der Waals surface area (Å²) in [6, 6.07) is 9.94. The lowest BCUT2D eigenvalue weighted by molar-refractivity contribution is -0.122. The number of hydrogen-bond acceptors (Lipinski definition) is 3. The summed E-state index contributed by atoms with van der Waals surface area (Å²) >= 11 is 0. The van der Waals surface area contributed by atoms with E-state index in [4.69, 9.17) is 0 Å². The molecule has 162 valence electrons. The highest BCUT2D eigenvalue weighted by Gasteiger charge is 2.52. The van der Waals surface area contributed by atoms with Crippen molar-refractivity contribution in [2.75, 3.05) is 11.4 Å². The Kier molecular flexibility index (Phi) is 5.24. The predicted molar refractivity (Wildman–Crippen MR) is 110 cm³/mol. The Balaban J connectivity index is 1.48. The third kappa shape index (κ3) is 3.56. The van der Waals surface area contributed by atoms with Crippen molar-refractivity contribution in [1.29, 1.82) is 0 Å². The number of halogens is 2. The maximum atomic E-state index is 13.5. The first-order valence-corrected chi connectivity index (χ1v) is 10.2. The molecule has 0 aromatic heterocycles. The number of hydrogen-bond donors (Lipinski definition) is 1. The average molecular weight is 427 g/mol. The molecule has 0 aliphatic carbocycles. The van der Waals surface area contributed by atoms with Crippen molar-refractivity contribution >= 4 is 23.4 Å². The molecule has 0 radical (unpaired) electrons. The number of amides is 3. The molecule has 2 aromatic carbocycles. The summed E-state index contributed by atoms with van der Waals surface area (Å²) in [5.74, 6) is -2.53. The molecular weight excluding hydrogens is 404 g/mol. The number of rotatable bonds is 5. The van der Waals surface area contributed by atoms with E-state index in [9.17, 15) is 23.2 Å². The average Bonchev–Trinajstić information content (AvgIpc) is 3.05. The van der Waals surface area contributed by atoms with Gasteiger partial charge in [0.25, 0.3) is 5.91 Å². The van der Waals surface area contributed by atoms with Crippen molar-refractivity contribution in [2.24, 2.45) is 0 Å². The van der Waals surface area contributed by atoms with E-state index < -0.39 is 23.3 Å². The van der Waals surface area contributed by atoms with Gasteiger partial charge in [-0.25, -0.2) is 8.78 Å². The molecule has 0 bridgehead atoms. The summed E-state index contributed by atoms with van der Waals surface area (Å²) in [6.07, 6.45) is 0.826. The van der Waals surface area contributed by atoms with Crippen LogP contribution in [-0.4, -0.2) is 34.8 Å². The molecule has 4 rings (SSSR count). The Morgan fingerprint density at radius 3 is 2.65 bits per heavy atom. The highest BCUT2D eigenvalue weighted by atomic mass is 19.2. The first-order chi connectivity index (χ1) is 14.7. The van der Waals surface area contributed by atoms with Crippen molar-refractivity contribution in [3.63, 3.8) is 0 Å². The highest BCUT2D eigenvalue weighted by molar-refractivity contribution is 6.10. The van der Waals surface area contributed by atoms with Crippen LogP contribution in [0.3, 0.4) is 0 Å². The number of carbonyl (C=O) groups is 3. The van der Waals surface area contributed by atoms with Gasteiger partial charge in [-0.1, -0.05) is 18.2 Å². The second kappa shape index (κ2) is 7.76. The van der Waals surface area contributed by atoms with E-state index in [-0.39, 0.29) is 30.7 Å². The number of carbonyl (C=O) groups excluding carboxylic acids is 3. The highest BCUT2D eigenvalue weighted by Crippen LogP contribution is 2.43. The summed E-state index contributed by atoms with van der Waals surface area (Å²) in [6.45, 7) is 3.64. The quantitative estimate of drug-likeness (QED) is 0.794. The molecule has 1 saturated heterocycles. The lowest BCUT2D eigenvalue weighted by Crippen LogP contribution is -2.62. The van der Waals surface area contributed by atoms with Crippen molar-refractivity contribution in [3.8, 4) is 0 Å². The zero-order chi connectivity index (χ0) is 22.3. The van der Waals surface area contributed by atoms with Gasteiger partial charge in [0.2, 0.25) is 11.8 Å². The zero-order valence-corrected chi connectivity index (χ0v) is 17.3. The molecular formula is C23H23F2N3O3. The number of nitrogens with zero attached hydrogens (tertiary/aromatic N) is 2. The molecule has 2 heterocycles. The van der Waals surface area contributed by atoms with Gasteiger partial charge >= 0.3 is 0 Å². The molecule has 3 amide bonds. The number of benzene rings is 2. The third-order valence-electron chi connectivity index (χ3n) is 6.13. The molecule has 8 heteroatoms. The molecule has 31 heavy (non-hydrogen) atoms. The Labute approximate surface area is 178 Å². The molecule has 1 fully saturated rings. The fourth-order valence-electron chi connectivity index (χ4n) is 4.43. The molecule has 0 spiro atoms. The standard InChI is InChI=1S/C23H23F2N3O3/c1-14(15-7-8-17(24)18(25)13-15)26-20(29)10-12-27-22(31)16-5-3-4-6-19(16)28-21(30)9-11-23(27,28)2/h3-8,13-14H,9-12H2,1-2H3,(H,26,29). The number of anilines is 1. The molecule has 6 nitrogen and oxygen atoms in total. The van der Waals surface area contributed by atoms with Gasteiger partial charge in [-0.2, -0.15) is 0 Å². The van der Waals surface area contributed by atoms with E-state index in [0.717, 1.165) is 12.1 Å². The molecule has 2 atom stereocenters. The summed E-state index contributed by atoms with van der Waals surface area (Å²) in [5, 5.41) is 2.75. The van der Waals surface area contributed by atoms with E-state index in [1.807, 2.05) is 6.92 Å². The first-order valence-electron chi connectivity index (χ1n) is 10.2. The van der Waals surface area contributed by atoms with Crippen LogP contribution in [0.2, 0.25) is 0 Å². The van der Waals surface area contributed by atoms with Crippen LogP contribution in [0.25, 0.3) is 0 Å². The maximum absolute atomic E-state index is 13.5. The Hall–Kier alpha value is -3.29. The van der Waals surface area contributed by atoms with Crippen molar-refractivity contribution in [3.05, 3.63) is 65.2 Å². The van der Waals surface area contributed by atoms with Crippen molar-refractivity contribution in [1.82, 2.24) is 10.2 Å². The summed E-state index contributed by atoms with van der Waals surface area (Å²) in [5.41, 5.74) is 0.653. The van der Waals surface area contributed by atoms with Gasteiger partial charge < -0.3 is 10.2 Å². The molecule has 2 unspecified atom stereocenters. The number of para-hydroxylation sites is 1. The fraction of sp³-hybridized carbons (Fsp3) is 0.348. The van der Waals surface area contributed by atoms with Gasteiger partial charge in [0.15, 0.2) is 11.6 Å². The van der Waals surface area contributed by atoms with E-state index in [2.05, 4.69) is 5.32 Å². The lowest BCUT2D eigenvalue weighted by atomic mass is 9.98. The minimum Gasteiger partial charge on any atom is -0.350 e. The van der Waals surface area contributed by atoms with Crippen LogP contribution in [0.15, 0.2) is 42.5 Å². The summed E-state index contributed by atoms with van der Waals surface area (Å²) in [7, 11) is 0. The smallest absolute Gasteiger partial charge is 0.257 e. The predicted octanol–water partition coefficient (Wildman–Crippen LogP) is 3.53. The van der Waals surface area contributed by atoms with Crippen LogP contribution in [0.5, 0.6) is 0 Å². The molecule has 2 aromatic rings. The third-order valence-corrected chi connectivity index (χ3v) is 6.13. The van der Waals surface area contributed by atoms with Gasteiger partial charge in [0, 0.05) is 19.4 Å². The summed E-state index contributed by atoms with van der Waals surface area (Å²) < 4.78 is 26.6. The van der Waals surface area contributed by atoms with E-state index >= 15 is 0 Å². The van der Waals surface area contributed by atoms with Gasteiger partial charge in [-0.15, -0.1) is 0 Å². The van der Waals surface area contributed by atoms with E-state index in [1.54, 1.807) is 41.0 Å². The SMILES string of the molecule is CC(NC(=O)CCN1C(=O)c2ccccc2N2C(=O)CCC12C)c1ccc(F)c(F)c1. The normalized spacial score (nSPS) is 21.0. The second-order valence-electron chi connectivity index (χ2n) is 8.13. The Morgan fingerprint density at radius 2 is 1.90 bits per heavy atom. The Bertz CT molecular complexity index is 1070. The fourth-order valence-corrected chi connectivity index (χ4v) is 4.43. The largest absolute Gasteiger partial charge is 0.350 e. The molecule has 2 aliphatic rings. The lowest BCUT2D eigenvalue weighted by Gasteiger charge is -2.48. The van der Waals surface area contributed by atoms with Crippen LogP contribution in [0.4, 0.5) is 14.5 Å². The number of fused-ring (bicyclic) bond motifs is 3. The van der Waals surface area contributed by atoms with Crippen LogP contribution in [-0.2, 0) is 9.59 Å². The van der Waals surface area contributed by atoms with Gasteiger partial charge in [-0.3, -0.25) is 19.3 Å². The van der Waals surface area contributed by atoms with Crippen LogP contribution in [0.1, 0.15) is 55.1 Å². The summed E-state index contributed by atoms with van der Waals surface area (Å²) in [4.78, 5) is 41.5. The second-order valence-corrected chi connectivity index (χ2v) is 8.13. The zero-order valence-electron chi connectivity index (χ0n) is 17.3. The topological polar surface area (TPSA) is 69.7 Å². The minimum absolute atomic E-state index is 0.0134. The van der Waals surface area contributed by atoms with Gasteiger partial charge in [0.05, 0.1) is 17.3 Å². The number of nitrogens with one attached hydrogen (secondary N) is 1. The minimum atomic E-state index is -0.977. The molecule has 1 N–H and O–H groups in total. The van der Waals surface area contributed by atoms with Gasteiger partial charge in [-0.05, 0) is 50.1 Å². The van der Waals surface area contributed by atoms with Crippen LogP contribution < -0.4 is 10.2 Å². The van der Waals surface area contributed by atoms with E-state index in [1.165, 1.54) is 6.07 Å². The maximum Gasteiger partial charge on any atom is 0.257 e. The van der Waals surface area contributed by atoms with E-state index in [0.29, 0.717) is 29.7 Å². The Morgan fingerprint density at radius 1 is 1.16 bits per heavy atom. The molecule has 0 saturated carbocycles. The van der Waals surface area contributed by atoms with Crippen LogP contribution in [0, 0.1) is 11.6 Å². The first kappa shape index (κ1) is 21.0. The monoisotopic (exact) mass is 427 g/mol. The molecule has 2 aliphatic heterocycles. The van der Waals surface area contributed by atoms with Gasteiger partial charge in [0.1, 0.15) is 5.66 Å². The van der Waals surface area contributed by atoms with Crippen LogP contribution >= 0.6 is 0 Å². The van der Waals surface area contributed by atoms with Crippen molar-refractivity contribution < 1.29 is 23.2 Å². The van der Waals surface area contributed by atoms with Crippen molar-refractivity contribution in [2.45, 2.75) is 44.8 Å².